The molecule has 0 radical (unpaired) electrons. The average molecular weight is 429 g/mol. The third kappa shape index (κ3) is 4.02. The minimum Gasteiger partial charge on any atom is -0.318 e. The Bertz CT molecular complexity index is 1220. The zero-order valence-electron chi connectivity index (χ0n) is 17.2. The molecule has 30 heavy (non-hydrogen) atoms. The number of nitrogens with zero attached hydrogens (tertiary/aromatic N) is 3. The van der Waals surface area contributed by atoms with Crippen molar-refractivity contribution in [3.05, 3.63) is 76.7 Å². The first-order valence-corrected chi connectivity index (χ1v) is 11.2. The van der Waals surface area contributed by atoms with Crippen LogP contribution >= 0.6 is 0 Å². The van der Waals surface area contributed by atoms with E-state index in [2.05, 4.69) is 5.32 Å². The molecule has 9 heteroatoms. The lowest BCUT2D eigenvalue weighted by Crippen LogP contribution is -2.45. The molecule has 0 aliphatic carbocycles. The van der Waals surface area contributed by atoms with E-state index >= 15 is 0 Å². The quantitative estimate of drug-likeness (QED) is 0.652. The third-order valence-corrected chi connectivity index (χ3v) is 6.14. The van der Waals surface area contributed by atoms with Gasteiger partial charge in [0.2, 0.25) is 15.9 Å². The first-order valence-electron chi connectivity index (χ1n) is 9.32. The minimum atomic E-state index is -3.74. The predicted molar refractivity (Wildman–Crippen MR) is 118 cm³/mol. The minimum absolute atomic E-state index is 0.111. The number of benzene rings is 2. The van der Waals surface area contributed by atoms with Crippen molar-refractivity contribution in [3.8, 4) is 5.69 Å². The molecule has 1 N–H and O–H groups in total. The highest BCUT2D eigenvalue weighted by atomic mass is 32.2. The van der Waals surface area contributed by atoms with Gasteiger partial charge >= 0.3 is 0 Å². The van der Waals surface area contributed by atoms with Gasteiger partial charge in [-0.2, -0.15) is 0 Å². The van der Waals surface area contributed by atoms with Gasteiger partial charge in [0, 0.05) is 7.05 Å². The second-order valence-electron chi connectivity index (χ2n) is 7.00. The fraction of sp³-hybridized carbons (Fsp3) is 0.238. The first-order chi connectivity index (χ1) is 14.1. The number of rotatable bonds is 6. The zero-order valence-corrected chi connectivity index (χ0v) is 18.1. The molecule has 1 heterocycles. The molecule has 0 spiro atoms. The molecule has 1 amide bonds. The summed E-state index contributed by atoms with van der Waals surface area (Å²) < 4.78 is 28.9. The largest absolute Gasteiger partial charge is 0.318 e. The lowest BCUT2D eigenvalue weighted by Gasteiger charge is -2.28. The van der Waals surface area contributed by atoms with Crippen LogP contribution in [0.15, 0.2) is 65.5 Å². The molecule has 158 valence electrons. The molecule has 2 aromatic carbocycles. The van der Waals surface area contributed by atoms with Gasteiger partial charge < -0.3 is 5.32 Å². The summed E-state index contributed by atoms with van der Waals surface area (Å²) in [4.78, 5) is 26.0. The number of carbonyl (C=O) groups is 1. The highest BCUT2D eigenvalue weighted by molar-refractivity contribution is 7.92. The van der Waals surface area contributed by atoms with Crippen LogP contribution in [0.5, 0.6) is 0 Å². The van der Waals surface area contributed by atoms with Gasteiger partial charge in [0.15, 0.2) is 0 Å². The van der Waals surface area contributed by atoms with E-state index in [0.29, 0.717) is 17.1 Å². The number of anilines is 2. The van der Waals surface area contributed by atoms with Crippen LogP contribution in [-0.4, -0.2) is 36.0 Å². The van der Waals surface area contributed by atoms with Gasteiger partial charge in [-0.15, -0.1) is 0 Å². The number of carbonyl (C=O) groups excluding carboxylic acids is 1. The fourth-order valence-corrected chi connectivity index (χ4v) is 4.50. The van der Waals surface area contributed by atoms with Crippen LogP contribution in [0.1, 0.15) is 12.6 Å². The number of para-hydroxylation sites is 2. The highest BCUT2D eigenvalue weighted by Crippen LogP contribution is 2.21. The topological polar surface area (TPSA) is 93.4 Å². The molecule has 0 unspecified atom stereocenters. The van der Waals surface area contributed by atoms with E-state index < -0.39 is 27.5 Å². The van der Waals surface area contributed by atoms with Gasteiger partial charge in [0.25, 0.3) is 5.56 Å². The smallest absolute Gasteiger partial charge is 0.295 e. The van der Waals surface area contributed by atoms with Gasteiger partial charge in [-0.3, -0.25) is 18.6 Å². The van der Waals surface area contributed by atoms with Crippen molar-refractivity contribution in [2.75, 3.05) is 15.9 Å². The molecule has 0 saturated carbocycles. The van der Waals surface area contributed by atoms with Crippen molar-refractivity contribution < 1.29 is 13.2 Å². The third-order valence-electron chi connectivity index (χ3n) is 4.90. The van der Waals surface area contributed by atoms with Crippen molar-refractivity contribution in [2.45, 2.75) is 19.9 Å². The zero-order chi connectivity index (χ0) is 22.1. The molecule has 1 atom stereocenters. The van der Waals surface area contributed by atoms with E-state index in [1.165, 1.54) is 11.6 Å². The van der Waals surface area contributed by atoms with Crippen molar-refractivity contribution in [1.29, 1.82) is 0 Å². The van der Waals surface area contributed by atoms with E-state index in [0.717, 1.165) is 10.6 Å². The standard InChI is InChI=1S/C21H24N4O4S/c1-15-19(21(27)24(23(15)3)17-11-7-5-8-12-17)22-20(26)16(2)25(30(4,28)29)18-13-9-6-10-14-18/h5-14,16H,1-4H3,(H,22,26)/t16-/m1/s1. The maximum absolute atomic E-state index is 13.0. The fourth-order valence-electron chi connectivity index (χ4n) is 3.32. The normalized spacial score (nSPS) is 12.4. The highest BCUT2D eigenvalue weighted by Gasteiger charge is 2.30. The summed E-state index contributed by atoms with van der Waals surface area (Å²) in [7, 11) is -2.02. The molecule has 0 fully saturated rings. The van der Waals surface area contributed by atoms with Gasteiger partial charge in [0.05, 0.1) is 23.3 Å². The van der Waals surface area contributed by atoms with Crippen LogP contribution in [0.2, 0.25) is 0 Å². The van der Waals surface area contributed by atoms with Gasteiger partial charge in [-0.05, 0) is 38.1 Å². The number of aromatic nitrogens is 2. The maximum Gasteiger partial charge on any atom is 0.295 e. The van der Waals surface area contributed by atoms with Crippen molar-refractivity contribution in [3.63, 3.8) is 0 Å². The molecular weight excluding hydrogens is 404 g/mol. The Hall–Kier alpha value is -3.33. The van der Waals surface area contributed by atoms with E-state index in [1.54, 1.807) is 61.1 Å². The number of amides is 1. The SMILES string of the molecule is Cc1c(NC(=O)[C@@H](C)N(c2ccccc2)S(C)(=O)=O)c(=O)n(-c2ccccc2)n1C. The molecule has 0 saturated heterocycles. The molecule has 0 aliphatic heterocycles. The van der Waals surface area contributed by atoms with E-state index in [-0.39, 0.29) is 5.69 Å². The lowest BCUT2D eigenvalue weighted by atomic mass is 10.2. The summed E-state index contributed by atoms with van der Waals surface area (Å²) >= 11 is 0. The summed E-state index contributed by atoms with van der Waals surface area (Å²) in [5, 5.41) is 2.63. The van der Waals surface area contributed by atoms with Crippen molar-refractivity contribution in [1.82, 2.24) is 9.36 Å². The second kappa shape index (κ2) is 8.19. The second-order valence-corrected chi connectivity index (χ2v) is 8.86. The van der Waals surface area contributed by atoms with Crippen molar-refractivity contribution >= 4 is 27.3 Å². The molecular formula is C21H24N4O4S. The number of nitrogens with one attached hydrogen (secondary N) is 1. The molecule has 0 bridgehead atoms. The summed E-state index contributed by atoms with van der Waals surface area (Å²) in [5.74, 6) is -0.602. The number of sulfonamides is 1. The first kappa shape index (κ1) is 21.4. The van der Waals surface area contributed by atoms with E-state index in [4.69, 9.17) is 0 Å². The number of hydrogen-bond acceptors (Lipinski definition) is 4. The number of hydrogen-bond donors (Lipinski definition) is 1. The summed E-state index contributed by atoms with van der Waals surface area (Å²) in [6.07, 6.45) is 1.04. The van der Waals surface area contributed by atoms with Crippen LogP contribution in [0.4, 0.5) is 11.4 Å². The molecule has 8 nitrogen and oxygen atoms in total. The Morgan fingerprint density at radius 1 is 1.03 bits per heavy atom. The van der Waals surface area contributed by atoms with Crippen LogP contribution in [0.3, 0.4) is 0 Å². The van der Waals surface area contributed by atoms with Gasteiger partial charge in [0.1, 0.15) is 11.7 Å². The van der Waals surface area contributed by atoms with Crippen LogP contribution in [-0.2, 0) is 21.9 Å². The summed E-state index contributed by atoms with van der Waals surface area (Å²) in [6, 6.07) is 16.4. The Morgan fingerprint density at radius 2 is 1.57 bits per heavy atom. The van der Waals surface area contributed by atoms with Crippen LogP contribution in [0.25, 0.3) is 5.69 Å². The Kier molecular flexibility index (Phi) is 5.84. The molecule has 1 aromatic heterocycles. The Labute approximate surface area is 175 Å². The molecule has 3 rings (SSSR count). The summed E-state index contributed by atoms with van der Waals surface area (Å²) in [6.45, 7) is 3.20. The van der Waals surface area contributed by atoms with Crippen LogP contribution in [0, 0.1) is 6.92 Å². The van der Waals surface area contributed by atoms with E-state index in [1.807, 2.05) is 18.2 Å². The van der Waals surface area contributed by atoms with Gasteiger partial charge in [-0.25, -0.2) is 13.1 Å². The molecule has 3 aromatic rings. The monoisotopic (exact) mass is 428 g/mol. The van der Waals surface area contributed by atoms with Gasteiger partial charge in [-0.1, -0.05) is 36.4 Å². The maximum atomic E-state index is 13.0. The average Bonchev–Trinajstić information content (AvgIpc) is 2.91. The van der Waals surface area contributed by atoms with Crippen molar-refractivity contribution in [2.24, 2.45) is 7.05 Å². The van der Waals surface area contributed by atoms with E-state index in [9.17, 15) is 18.0 Å². The Balaban J connectivity index is 1.97. The predicted octanol–water partition coefficient (Wildman–Crippen LogP) is 2.28. The molecule has 0 aliphatic rings. The summed E-state index contributed by atoms with van der Waals surface area (Å²) in [5.41, 5.74) is 1.29. The van der Waals surface area contributed by atoms with Crippen LogP contribution < -0.4 is 15.2 Å². The Morgan fingerprint density at radius 3 is 2.10 bits per heavy atom. The lowest BCUT2D eigenvalue weighted by molar-refractivity contribution is -0.116.